The Balaban J connectivity index is 1.19. The van der Waals surface area contributed by atoms with E-state index in [2.05, 4.69) is 9.88 Å². The van der Waals surface area contributed by atoms with Crippen molar-refractivity contribution in [2.24, 2.45) is 0 Å². The molecule has 4 aliphatic rings. The molecule has 8 heteroatoms. The smallest absolute Gasteiger partial charge is 0.254 e. The SMILES string of the molecule is O=C(c1ccc2c(c1)OCO2)N1CC[C@@H](c2nc3c(c(=O)[nH]2)CCN(C2CCCC2)C3)C1. The molecule has 1 N–H and O–H groups in total. The largest absolute Gasteiger partial charge is 0.454 e. The molecule has 1 aromatic carbocycles. The molecule has 2 fully saturated rings. The molecule has 1 amide bonds. The number of nitrogens with one attached hydrogen (secondary N) is 1. The van der Waals surface area contributed by atoms with Gasteiger partial charge in [0.25, 0.3) is 11.5 Å². The van der Waals surface area contributed by atoms with Gasteiger partial charge >= 0.3 is 0 Å². The number of H-pyrrole nitrogens is 1. The number of ether oxygens (including phenoxy) is 2. The standard InChI is InChI=1S/C24H28N4O4/c29-23-18-8-10-27(17-3-1-2-4-17)13-19(18)25-22(26-23)16-7-9-28(12-16)24(30)15-5-6-20-21(11-15)32-14-31-20/h5-6,11,16-17H,1-4,7-10,12-14H2,(H,25,26,29)/t16-/m1/s1. The molecule has 4 heterocycles. The molecule has 2 aromatic rings. The number of nitrogens with zero attached hydrogens (tertiary/aromatic N) is 3. The third-order valence-electron chi connectivity index (χ3n) is 7.44. The highest BCUT2D eigenvalue weighted by Gasteiger charge is 2.33. The second-order valence-corrected chi connectivity index (χ2v) is 9.34. The van der Waals surface area contributed by atoms with Crippen molar-refractivity contribution < 1.29 is 14.3 Å². The Morgan fingerprint density at radius 1 is 1.09 bits per heavy atom. The second-order valence-electron chi connectivity index (χ2n) is 9.34. The normalized spacial score (nSPS) is 23.0. The first-order chi connectivity index (χ1) is 15.7. The highest BCUT2D eigenvalue weighted by Crippen LogP contribution is 2.34. The summed E-state index contributed by atoms with van der Waals surface area (Å²) in [7, 11) is 0. The minimum atomic E-state index is -0.0292. The molecule has 1 saturated carbocycles. The molecule has 32 heavy (non-hydrogen) atoms. The van der Waals surface area contributed by atoms with Crippen LogP contribution in [0.25, 0.3) is 0 Å². The predicted octanol–water partition coefficient (Wildman–Crippen LogP) is 2.43. The van der Waals surface area contributed by atoms with Gasteiger partial charge < -0.3 is 19.4 Å². The Labute approximate surface area is 186 Å². The van der Waals surface area contributed by atoms with Crippen LogP contribution in [0.5, 0.6) is 11.5 Å². The van der Waals surface area contributed by atoms with E-state index in [0.29, 0.717) is 36.2 Å². The van der Waals surface area contributed by atoms with Crippen LogP contribution < -0.4 is 15.0 Å². The van der Waals surface area contributed by atoms with E-state index in [1.54, 1.807) is 18.2 Å². The van der Waals surface area contributed by atoms with E-state index in [9.17, 15) is 9.59 Å². The minimum absolute atomic E-state index is 0.00313. The van der Waals surface area contributed by atoms with Crippen LogP contribution in [0.1, 0.15) is 65.5 Å². The number of aromatic amines is 1. The maximum absolute atomic E-state index is 13.0. The molecule has 0 bridgehead atoms. The van der Waals surface area contributed by atoms with Gasteiger partial charge in [0, 0.05) is 49.3 Å². The average Bonchev–Trinajstić information content (AvgIpc) is 3.59. The predicted molar refractivity (Wildman–Crippen MR) is 117 cm³/mol. The van der Waals surface area contributed by atoms with Gasteiger partial charge in [0.2, 0.25) is 6.79 Å². The summed E-state index contributed by atoms with van der Waals surface area (Å²) in [6, 6.07) is 5.94. The first-order valence-electron chi connectivity index (χ1n) is 11.7. The molecule has 8 nitrogen and oxygen atoms in total. The Morgan fingerprint density at radius 3 is 2.81 bits per heavy atom. The molecule has 0 spiro atoms. The van der Waals surface area contributed by atoms with E-state index in [1.165, 1.54) is 25.7 Å². The van der Waals surface area contributed by atoms with E-state index >= 15 is 0 Å². The van der Waals surface area contributed by atoms with Gasteiger partial charge in [-0.3, -0.25) is 14.5 Å². The van der Waals surface area contributed by atoms with Gasteiger partial charge in [0.05, 0.1) is 5.69 Å². The first-order valence-corrected chi connectivity index (χ1v) is 11.7. The molecule has 3 aliphatic heterocycles. The highest BCUT2D eigenvalue weighted by atomic mass is 16.7. The minimum Gasteiger partial charge on any atom is -0.454 e. The zero-order chi connectivity index (χ0) is 21.7. The molecule has 1 aliphatic carbocycles. The molecule has 6 rings (SSSR count). The van der Waals surface area contributed by atoms with Crippen LogP contribution in [0.15, 0.2) is 23.0 Å². The number of hydrogen-bond donors (Lipinski definition) is 1. The van der Waals surface area contributed by atoms with Crippen LogP contribution in [0, 0.1) is 0 Å². The molecule has 0 unspecified atom stereocenters. The van der Waals surface area contributed by atoms with Crippen molar-refractivity contribution in [2.75, 3.05) is 26.4 Å². The number of amides is 1. The summed E-state index contributed by atoms with van der Waals surface area (Å²) in [6.07, 6.45) is 6.68. The van der Waals surface area contributed by atoms with Gasteiger partial charge in [-0.1, -0.05) is 12.8 Å². The van der Waals surface area contributed by atoms with Crippen LogP contribution in [0.4, 0.5) is 0 Å². The van der Waals surface area contributed by atoms with E-state index in [-0.39, 0.29) is 24.2 Å². The summed E-state index contributed by atoms with van der Waals surface area (Å²) in [5.41, 5.74) is 2.36. The molecule has 1 atom stereocenters. The number of aromatic nitrogens is 2. The topological polar surface area (TPSA) is 87.8 Å². The van der Waals surface area contributed by atoms with Crippen LogP contribution in [0.2, 0.25) is 0 Å². The van der Waals surface area contributed by atoms with Crippen LogP contribution >= 0.6 is 0 Å². The van der Waals surface area contributed by atoms with Crippen LogP contribution in [-0.4, -0.2) is 58.1 Å². The number of likely N-dealkylation sites (tertiary alicyclic amines) is 1. The van der Waals surface area contributed by atoms with E-state index in [4.69, 9.17) is 14.5 Å². The molecule has 168 valence electrons. The quantitative estimate of drug-likeness (QED) is 0.795. The van der Waals surface area contributed by atoms with Crippen molar-refractivity contribution in [3.8, 4) is 11.5 Å². The summed E-state index contributed by atoms with van der Waals surface area (Å²) in [4.78, 5) is 38.1. The highest BCUT2D eigenvalue weighted by molar-refractivity contribution is 5.95. The third kappa shape index (κ3) is 3.46. The molecular weight excluding hydrogens is 408 g/mol. The van der Waals surface area contributed by atoms with Gasteiger partial charge in [-0.15, -0.1) is 0 Å². The maximum Gasteiger partial charge on any atom is 0.254 e. The van der Waals surface area contributed by atoms with Crippen molar-refractivity contribution in [1.82, 2.24) is 19.8 Å². The Bertz CT molecular complexity index is 1110. The second kappa shape index (κ2) is 7.92. The van der Waals surface area contributed by atoms with Crippen molar-refractivity contribution in [1.29, 1.82) is 0 Å². The lowest BCUT2D eigenvalue weighted by Crippen LogP contribution is -2.41. The van der Waals surface area contributed by atoms with Gasteiger partial charge in [-0.2, -0.15) is 0 Å². The summed E-state index contributed by atoms with van der Waals surface area (Å²) < 4.78 is 10.7. The first kappa shape index (κ1) is 19.8. The lowest BCUT2D eigenvalue weighted by atomic mass is 10.0. The fourth-order valence-corrected chi connectivity index (χ4v) is 5.63. The monoisotopic (exact) mass is 436 g/mol. The summed E-state index contributed by atoms with van der Waals surface area (Å²) in [5.74, 6) is 2.02. The van der Waals surface area contributed by atoms with Crippen LogP contribution in [0.3, 0.4) is 0 Å². The Hall–Kier alpha value is -2.87. The van der Waals surface area contributed by atoms with E-state index in [1.807, 2.05) is 4.90 Å². The number of carbonyl (C=O) groups excluding carboxylic acids is 1. The molecule has 1 saturated heterocycles. The zero-order valence-electron chi connectivity index (χ0n) is 18.1. The summed E-state index contributed by atoms with van der Waals surface area (Å²) in [5, 5.41) is 0. The fraction of sp³-hybridized carbons (Fsp3) is 0.542. The number of fused-ring (bicyclic) bond motifs is 2. The maximum atomic E-state index is 13.0. The summed E-state index contributed by atoms with van der Waals surface area (Å²) >= 11 is 0. The number of carbonyl (C=O) groups is 1. The number of hydrogen-bond acceptors (Lipinski definition) is 6. The van der Waals surface area contributed by atoms with E-state index in [0.717, 1.165) is 43.0 Å². The van der Waals surface area contributed by atoms with Gasteiger partial charge in [0.15, 0.2) is 11.5 Å². The van der Waals surface area contributed by atoms with Gasteiger partial charge in [0.1, 0.15) is 5.82 Å². The van der Waals surface area contributed by atoms with Crippen molar-refractivity contribution in [3.63, 3.8) is 0 Å². The van der Waals surface area contributed by atoms with E-state index < -0.39 is 0 Å². The Kier molecular flexibility index (Phi) is 4.90. The molecule has 0 radical (unpaired) electrons. The number of benzene rings is 1. The van der Waals surface area contributed by atoms with Crippen molar-refractivity contribution in [3.05, 3.63) is 51.2 Å². The molecule has 1 aromatic heterocycles. The van der Waals surface area contributed by atoms with Gasteiger partial charge in [-0.05, 0) is 43.9 Å². The van der Waals surface area contributed by atoms with Gasteiger partial charge in [-0.25, -0.2) is 4.98 Å². The lowest BCUT2D eigenvalue weighted by Gasteiger charge is -2.32. The average molecular weight is 437 g/mol. The van der Waals surface area contributed by atoms with Crippen molar-refractivity contribution >= 4 is 5.91 Å². The number of rotatable bonds is 3. The lowest BCUT2D eigenvalue weighted by molar-refractivity contribution is 0.0790. The molecular formula is C24H28N4O4. The van der Waals surface area contributed by atoms with Crippen molar-refractivity contribution in [2.45, 2.75) is 57.0 Å². The third-order valence-corrected chi connectivity index (χ3v) is 7.44. The zero-order valence-corrected chi connectivity index (χ0v) is 18.1. The summed E-state index contributed by atoms with van der Waals surface area (Å²) in [6.45, 7) is 3.11. The Morgan fingerprint density at radius 2 is 1.94 bits per heavy atom. The van der Waals surface area contributed by atoms with Crippen LogP contribution in [-0.2, 0) is 13.0 Å². The fourth-order valence-electron chi connectivity index (χ4n) is 5.63.